The Balaban J connectivity index is 1.67. The number of nitrogens with one attached hydrogen (secondary N) is 2. The predicted molar refractivity (Wildman–Crippen MR) is 83.1 cm³/mol. The molecule has 0 aliphatic carbocycles. The SMILES string of the molecule is Cc1cc(Nc2nncc(NCc3ccccc3Cl)n2)no1. The first kappa shape index (κ1) is 14.3. The van der Waals surface area contributed by atoms with Crippen LogP contribution in [0.4, 0.5) is 17.6 Å². The van der Waals surface area contributed by atoms with E-state index in [1.165, 1.54) is 6.20 Å². The van der Waals surface area contributed by atoms with Gasteiger partial charge in [0.15, 0.2) is 11.6 Å². The van der Waals surface area contributed by atoms with Crippen LogP contribution >= 0.6 is 11.6 Å². The molecule has 1 aromatic carbocycles. The van der Waals surface area contributed by atoms with Gasteiger partial charge in [-0.3, -0.25) is 0 Å². The van der Waals surface area contributed by atoms with Crippen LogP contribution in [0.1, 0.15) is 11.3 Å². The summed E-state index contributed by atoms with van der Waals surface area (Å²) in [4.78, 5) is 4.30. The van der Waals surface area contributed by atoms with Crippen molar-refractivity contribution >= 4 is 29.2 Å². The lowest BCUT2D eigenvalue weighted by Gasteiger charge is -2.07. The highest BCUT2D eigenvalue weighted by molar-refractivity contribution is 6.31. The van der Waals surface area contributed by atoms with E-state index in [0.717, 1.165) is 5.56 Å². The molecule has 0 atom stereocenters. The van der Waals surface area contributed by atoms with Gasteiger partial charge in [0.2, 0.25) is 5.95 Å². The third kappa shape index (κ3) is 3.50. The van der Waals surface area contributed by atoms with Crippen LogP contribution in [0, 0.1) is 6.92 Å². The molecule has 0 saturated heterocycles. The van der Waals surface area contributed by atoms with E-state index in [4.69, 9.17) is 16.1 Å². The number of hydrogen-bond acceptors (Lipinski definition) is 7. The zero-order valence-electron chi connectivity index (χ0n) is 11.7. The maximum Gasteiger partial charge on any atom is 0.250 e. The number of hydrogen-bond donors (Lipinski definition) is 2. The molecule has 0 amide bonds. The zero-order valence-corrected chi connectivity index (χ0v) is 12.5. The summed E-state index contributed by atoms with van der Waals surface area (Å²) in [5.41, 5.74) is 0.976. The molecular formula is C14H13ClN6O. The molecule has 0 unspecified atom stereocenters. The smallest absolute Gasteiger partial charge is 0.250 e. The fourth-order valence-corrected chi connectivity index (χ4v) is 2.01. The number of aromatic nitrogens is 4. The van der Waals surface area contributed by atoms with Gasteiger partial charge in [-0.25, -0.2) is 0 Å². The topological polar surface area (TPSA) is 88.8 Å². The number of rotatable bonds is 5. The number of halogens is 1. The summed E-state index contributed by atoms with van der Waals surface area (Å²) in [6.07, 6.45) is 1.54. The molecule has 0 aliphatic rings. The summed E-state index contributed by atoms with van der Waals surface area (Å²) in [6.45, 7) is 2.35. The Morgan fingerprint density at radius 3 is 2.86 bits per heavy atom. The molecule has 0 bridgehead atoms. The van der Waals surface area contributed by atoms with Crippen LogP contribution in [0.25, 0.3) is 0 Å². The Hall–Kier alpha value is -2.67. The molecule has 0 fully saturated rings. The molecule has 0 spiro atoms. The fourth-order valence-electron chi connectivity index (χ4n) is 1.81. The first-order valence-corrected chi connectivity index (χ1v) is 6.96. The molecule has 3 rings (SSSR count). The molecule has 112 valence electrons. The highest BCUT2D eigenvalue weighted by Crippen LogP contribution is 2.17. The molecule has 2 N–H and O–H groups in total. The van der Waals surface area contributed by atoms with Crippen LogP contribution in [0.15, 0.2) is 41.1 Å². The summed E-state index contributed by atoms with van der Waals surface area (Å²) in [6, 6.07) is 9.35. The van der Waals surface area contributed by atoms with Crippen molar-refractivity contribution in [2.45, 2.75) is 13.5 Å². The normalized spacial score (nSPS) is 10.5. The van der Waals surface area contributed by atoms with Crippen molar-refractivity contribution in [1.29, 1.82) is 0 Å². The van der Waals surface area contributed by atoms with Crippen LogP contribution in [0.2, 0.25) is 5.02 Å². The van der Waals surface area contributed by atoms with Crippen LogP contribution < -0.4 is 10.6 Å². The van der Waals surface area contributed by atoms with Crippen molar-refractivity contribution in [2.24, 2.45) is 0 Å². The minimum absolute atomic E-state index is 0.331. The summed E-state index contributed by atoms with van der Waals surface area (Å²) in [5, 5.41) is 18.4. The first-order valence-electron chi connectivity index (χ1n) is 6.58. The lowest BCUT2D eigenvalue weighted by atomic mass is 10.2. The average molecular weight is 317 g/mol. The van der Waals surface area contributed by atoms with Gasteiger partial charge in [0, 0.05) is 17.6 Å². The highest BCUT2D eigenvalue weighted by atomic mass is 35.5. The minimum Gasteiger partial charge on any atom is -0.364 e. The van der Waals surface area contributed by atoms with E-state index in [-0.39, 0.29) is 0 Å². The molecule has 3 aromatic rings. The van der Waals surface area contributed by atoms with E-state index in [0.29, 0.717) is 34.9 Å². The third-order valence-corrected chi connectivity index (χ3v) is 3.21. The number of anilines is 3. The monoisotopic (exact) mass is 316 g/mol. The Morgan fingerprint density at radius 2 is 2.09 bits per heavy atom. The van der Waals surface area contributed by atoms with Gasteiger partial charge in [0.1, 0.15) is 5.76 Å². The van der Waals surface area contributed by atoms with E-state index in [9.17, 15) is 0 Å². The van der Waals surface area contributed by atoms with E-state index < -0.39 is 0 Å². The predicted octanol–water partition coefficient (Wildman–Crippen LogP) is 3.18. The van der Waals surface area contributed by atoms with Gasteiger partial charge < -0.3 is 15.2 Å². The Bertz CT molecular complexity index is 775. The lowest BCUT2D eigenvalue weighted by molar-refractivity contribution is 0.400. The second kappa shape index (κ2) is 6.40. The molecule has 0 saturated carbocycles. The van der Waals surface area contributed by atoms with Crippen LogP contribution in [-0.4, -0.2) is 20.3 Å². The summed E-state index contributed by atoms with van der Waals surface area (Å²) in [7, 11) is 0. The summed E-state index contributed by atoms with van der Waals surface area (Å²) in [5.74, 6) is 2.14. The maximum atomic E-state index is 6.11. The van der Waals surface area contributed by atoms with Crippen molar-refractivity contribution in [1.82, 2.24) is 20.3 Å². The summed E-state index contributed by atoms with van der Waals surface area (Å²) >= 11 is 6.11. The van der Waals surface area contributed by atoms with Gasteiger partial charge in [-0.1, -0.05) is 35.0 Å². The van der Waals surface area contributed by atoms with E-state index in [1.54, 1.807) is 13.0 Å². The van der Waals surface area contributed by atoms with E-state index in [1.807, 2.05) is 24.3 Å². The zero-order chi connectivity index (χ0) is 15.4. The second-order valence-electron chi connectivity index (χ2n) is 4.56. The van der Waals surface area contributed by atoms with Crippen LogP contribution in [0.5, 0.6) is 0 Å². The highest BCUT2D eigenvalue weighted by Gasteiger charge is 2.05. The molecule has 2 aromatic heterocycles. The Kier molecular flexibility index (Phi) is 4.15. The van der Waals surface area contributed by atoms with Crippen molar-refractivity contribution in [3.63, 3.8) is 0 Å². The maximum absolute atomic E-state index is 6.11. The Labute approximate surface area is 131 Å². The number of aryl methyl sites for hydroxylation is 1. The van der Waals surface area contributed by atoms with Gasteiger partial charge in [0.05, 0.1) is 6.20 Å². The van der Waals surface area contributed by atoms with Gasteiger partial charge in [0.25, 0.3) is 0 Å². The van der Waals surface area contributed by atoms with E-state index >= 15 is 0 Å². The van der Waals surface area contributed by atoms with Gasteiger partial charge in [-0.2, -0.15) is 10.1 Å². The second-order valence-corrected chi connectivity index (χ2v) is 4.97. The quantitative estimate of drug-likeness (QED) is 0.747. The number of benzene rings is 1. The number of nitrogens with zero attached hydrogens (tertiary/aromatic N) is 4. The van der Waals surface area contributed by atoms with Crippen molar-refractivity contribution in [3.05, 3.63) is 52.9 Å². The van der Waals surface area contributed by atoms with Crippen LogP contribution in [-0.2, 0) is 6.54 Å². The van der Waals surface area contributed by atoms with Crippen molar-refractivity contribution < 1.29 is 4.52 Å². The third-order valence-electron chi connectivity index (χ3n) is 2.84. The lowest BCUT2D eigenvalue weighted by Crippen LogP contribution is -2.06. The van der Waals surface area contributed by atoms with Crippen LogP contribution in [0.3, 0.4) is 0 Å². The average Bonchev–Trinajstić information content (AvgIpc) is 2.92. The van der Waals surface area contributed by atoms with Crippen molar-refractivity contribution in [2.75, 3.05) is 10.6 Å². The molecule has 7 nitrogen and oxygen atoms in total. The first-order chi connectivity index (χ1) is 10.7. The molecule has 0 aliphatic heterocycles. The van der Waals surface area contributed by atoms with Gasteiger partial charge >= 0.3 is 0 Å². The van der Waals surface area contributed by atoms with Gasteiger partial charge in [-0.05, 0) is 18.6 Å². The molecule has 0 radical (unpaired) electrons. The standard InChI is InChI=1S/C14H13ClN6O/c1-9-6-12(21-22-9)18-14-19-13(8-17-20-14)16-7-10-4-2-3-5-11(10)15/h2-6,8H,7H2,1H3,(H2,16,18,19,20,21). The molecular weight excluding hydrogens is 304 g/mol. The molecule has 22 heavy (non-hydrogen) atoms. The largest absolute Gasteiger partial charge is 0.364 e. The fraction of sp³-hybridized carbons (Fsp3) is 0.143. The Morgan fingerprint density at radius 1 is 1.23 bits per heavy atom. The molecule has 2 heterocycles. The van der Waals surface area contributed by atoms with Gasteiger partial charge in [-0.15, -0.1) is 5.10 Å². The van der Waals surface area contributed by atoms with E-state index in [2.05, 4.69) is 31.0 Å². The minimum atomic E-state index is 0.331. The van der Waals surface area contributed by atoms with Crippen molar-refractivity contribution in [3.8, 4) is 0 Å². The summed E-state index contributed by atoms with van der Waals surface area (Å²) < 4.78 is 4.97. The molecule has 8 heteroatoms.